The summed E-state index contributed by atoms with van der Waals surface area (Å²) in [5, 5.41) is 10.3. The number of likely N-dealkylation sites (tertiary alicyclic amines) is 1. The van der Waals surface area contributed by atoms with Crippen LogP contribution in [0.5, 0.6) is 17.2 Å². The number of benzene rings is 2. The van der Waals surface area contributed by atoms with Gasteiger partial charge in [0.15, 0.2) is 11.5 Å². The summed E-state index contributed by atoms with van der Waals surface area (Å²) in [6, 6.07) is 14.5. The fraction of sp³-hybridized carbons (Fsp3) is 0.520. The predicted octanol–water partition coefficient (Wildman–Crippen LogP) is 4.31. The zero-order valence-corrected chi connectivity index (χ0v) is 18.5. The number of nitrogens with zero attached hydrogens (tertiary/aromatic N) is 1. The van der Waals surface area contributed by atoms with Crippen molar-refractivity contribution in [1.82, 2.24) is 4.90 Å². The van der Waals surface area contributed by atoms with E-state index in [9.17, 15) is 5.11 Å². The van der Waals surface area contributed by atoms with Crippen molar-refractivity contribution in [3.05, 3.63) is 53.6 Å². The van der Waals surface area contributed by atoms with E-state index in [1.807, 2.05) is 12.1 Å². The third-order valence-electron chi connectivity index (χ3n) is 6.27. The van der Waals surface area contributed by atoms with Crippen LogP contribution in [0.1, 0.15) is 36.8 Å². The van der Waals surface area contributed by atoms with Crippen molar-refractivity contribution >= 4 is 0 Å². The van der Waals surface area contributed by atoms with Gasteiger partial charge in [0.1, 0.15) is 5.75 Å². The zero-order chi connectivity index (χ0) is 21.4. The molecule has 0 spiro atoms. The third-order valence-corrected chi connectivity index (χ3v) is 6.27. The van der Waals surface area contributed by atoms with Crippen molar-refractivity contribution < 1.29 is 19.3 Å². The summed E-state index contributed by atoms with van der Waals surface area (Å²) < 4.78 is 16.5. The van der Waals surface area contributed by atoms with Gasteiger partial charge in [-0.15, -0.1) is 0 Å². The number of aryl methyl sites for hydroxylation is 1. The van der Waals surface area contributed by atoms with Crippen LogP contribution in [0, 0.1) is 5.41 Å². The van der Waals surface area contributed by atoms with Gasteiger partial charge in [-0.2, -0.15) is 0 Å². The highest BCUT2D eigenvalue weighted by molar-refractivity contribution is 5.50. The zero-order valence-electron chi connectivity index (χ0n) is 18.5. The van der Waals surface area contributed by atoms with E-state index in [-0.39, 0.29) is 12.0 Å². The second-order valence-corrected chi connectivity index (χ2v) is 8.33. The van der Waals surface area contributed by atoms with Crippen molar-refractivity contribution in [2.45, 2.75) is 38.6 Å². The van der Waals surface area contributed by atoms with Gasteiger partial charge in [-0.1, -0.05) is 30.3 Å². The van der Waals surface area contributed by atoms with Crippen molar-refractivity contribution in [3.63, 3.8) is 0 Å². The molecule has 1 saturated heterocycles. The minimum Gasteiger partial charge on any atom is -0.496 e. The fourth-order valence-electron chi connectivity index (χ4n) is 4.63. The van der Waals surface area contributed by atoms with Crippen LogP contribution in [0.3, 0.4) is 0 Å². The van der Waals surface area contributed by atoms with Gasteiger partial charge in [-0.3, -0.25) is 4.90 Å². The molecule has 5 nitrogen and oxygen atoms in total. The number of hydrogen-bond donors (Lipinski definition) is 1. The molecule has 1 heterocycles. The third kappa shape index (κ3) is 5.46. The Labute approximate surface area is 180 Å². The Hall–Kier alpha value is -2.24. The second kappa shape index (κ2) is 10.7. The minimum atomic E-state index is -0.0309. The molecule has 2 aromatic rings. The SMILES string of the molecule is COc1cc(OC)c(OC)cc1CN1CCCC(CO)(CCCc2ccccc2)C1. The van der Waals surface area contributed by atoms with Crippen molar-refractivity contribution in [1.29, 1.82) is 0 Å². The lowest BCUT2D eigenvalue weighted by Crippen LogP contribution is -2.45. The highest BCUT2D eigenvalue weighted by Gasteiger charge is 2.34. The average molecular weight is 414 g/mol. The number of piperidine rings is 1. The Kier molecular flexibility index (Phi) is 8.00. The van der Waals surface area contributed by atoms with E-state index in [1.165, 1.54) is 5.56 Å². The first-order valence-corrected chi connectivity index (χ1v) is 10.8. The number of aliphatic hydroxyl groups is 1. The van der Waals surface area contributed by atoms with E-state index in [4.69, 9.17) is 14.2 Å². The molecule has 30 heavy (non-hydrogen) atoms. The van der Waals surface area contributed by atoms with Gasteiger partial charge < -0.3 is 19.3 Å². The lowest BCUT2D eigenvalue weighted by Gasteiger charge is -2.42. The molecule has 1 aliphatic heterocycles. The Morgan fingerprint density at radius 1 is 0.967 bits per heavy atom. The summed E-state index contributed by atoms with van der Waals surface area (Å²) in [4.78, 5) is 2.44. The molecule has 1 unspecified atom stereocenters. The van der Waals surface area contributed by atoms with Crippen LogP contribution in [0.25, 0.3) is 0 Å². The Balaban J connectivity index is 1.67. The first-order valence-electron chi connectivity index (χ1n) is 10.8. The van der Waals surface area contributed by atoms with Gasteiger partial charge in [0, 0.05) is 36.7 Å². The van der Waals surface area contributed by atoms with Gasteiger partial charge in [-0.25, -0.2) is 0 Å². The number of hydrogen-bond acceptors (Lipinski definition) is 5. The first-order chi connectivity index (χ1) is 14.6. The van der Waals surface area contributed by atoms with Gasteiger partial charge in [0.05, 0.1) is 21.3 Å². The maximum Gasteiger partial charge on any atom is 0.164 e. The van der Waals surface area contributed by atoms with E-state index >= 15 is 0 Å². The van der Waals surface area contributed by atoms with Gasteiger partial charge in [-0.05, 0) is 50.3 Å². The van der Waals surface area contributed by atoms with Gasteiger partial charge in [0.25, 0.3) is 0 Å². The highest BCUT2D eigenvalue weighted by Crippen LogP contribution is 2.38. The molecule has 1 aliphatic rings. The van der Waals surface area contributed by atoms with Crippen LogP contribution in [-0.2, 0) is 13.0 Å². The van der Waals surface area contributed by atoms with Crippen LogP contribution in [0.4, 0.5) is 0 Å². The molecule has 0 bridgehead atoms. The summed E-state index contributed by atoms with van der Waals surface area (Å²) in [6.07, 6.45) is 5.38. The van der Waals surface area contributed by atoms with E-state index in [0.29, 0.717) is 11.5 Å². The summed E-state index contributed by atoms with van der Waals surface area (Å²) in [6.45, 7) is 2.93. The minimum absolute atomic E-state index is 0.0309. The summed E-state index contributed by atoms with van der Waals surface area (Å²) >= 11 is 0. The van der Waals surface area contributed by atoms with Crippen molar-refractivity contribution in [2.24, 2.45) is 5.41 Å². The lowest BCUT2D eigenvalue weighted by atomic mass is 9.76. The maximum atomic E-state index is 10.3. The van der Waals surface area contributed by atoms with Crippen molar-refractivity contribution in [2.75, 3.05) is 41.0 Å². The molecule has 1 atom stereocenters. The van der Waals surface area contributed by atoms with Crippen LogP contribution >= 0.6 is 0 Å². The molecule has 5 heteroatoms. The maximum absolute atomic E-state index is 10.3. The highest BCUT2D eigenvalue weighted by atomic mass is 16.5. The molecule has 164 valence electrons. The van der Waals surface area contributed by atoms with Crippen LogP contribution < -0.4 is 14.2 Å². The van der Waals surface area contributed by atoms with Gasteiger partial charge >= 0.3 is 0 Å². The molecule has 0 amide bonds. The summed E-state index contributed by atoms with van der Waals surface area (Å²) in [7, 11) is 4.97. The number of ether oxygens (including phenoxy) is 3. The van der Waals surface area contributed by atoms with E-state index in [0.717, 1.165) is 63.1 Å². The summed E-state index contributed by atoms with van der Waals surface area (Å²) in [5.41, 5.74) is 2.41. The molecule has 0 aromatic heterocycles. The molecule has 0 aliphatic carbocycles. The molecule has 1 N–H and O–H groups in total. The largest absolute Gasteiger partial charge is 0.496 e. The summed E-state index contributed by atoms with van der Waals surface area (Å²) in [5.74, 6) is 2.18. The van der Waals surface area contributed by atoms with Crippen molar-refractivity contribution in [3.8, 4) is 17.2 Å². The quantitative estimate of drug-likeness (QED) is 0.629. The van der Waals surface area contributed by atoms with Crippen LogP contribution in [0.2, 0.25) is 0 Å². The monoisotopic (exact) mass is 413 g/mol. The Bertz CT molecular complexity index is 795. The van der Waals surface area contributed by atoms with E-state index in [2.05, 4.69) is 35.2 Å². The molecule has 2 aromatic carbocycles. The number of methoxy groups -OCH3 is 3. The fourth-order valence-corrected chi connectivity index (χ4v) is 4.63. The molecular formula is C25H35NO4. The number of rotatable bonds is 10. The standard InChI is InChI=1S/C25H35NO4/c1-28-22-16-24(30-3)23(29-2)15-21(22)17-26-14-8-13-25(18-26,19-27)12-7-11-20-9-5-4-6-10-20/h4-6,9-10,15-16,27H,7-8,11-14,17-19H2,1-3H3. The van der Waals surface area contributed by atoms with E-state index < -0.39 is 0 Å². The van der Waals surface area contributed by atoms with Crippen LogP contribution in [-0.4, -0.2) is 51.0 Å². The van der Waals surface area contributed by atoms with Gasteiger partial charge in [0.2, 0.25) is 0 Å². The second-order valence-electron chi connectivity index (χ2n) is 8.33. The van der Waals surface area contributed by atoms with E-state index in [1.54, 1.807) is 21.3 Å². The van der Waals surface area contributed by atoms with Crippen LogP contribution in [0.15, 0.2) is 42.5 Å². The molecule has 1 fully saturated rings. The topological polar surface area (TPSA) is 51.2 Å². The molecule has 0 radical (unpaired) electrons. The average Bonchev–Trinajstić information content (AvgIpc) is 2.79. The Morgan fingerprint density at radius 3 is 2.33 bits per heavy atom. The normalized spacial score (nSPS) is 19.5. The Morgan fingerprint density at radius 2 is 1.67 bits per heavy atom. The first kappa shape index (κ1) is 22.4. The number of aliphatic hydroxyl groups excluding tert-OH is 1. The lowest BCUT2D eigenvalue weighted by molar-refractivity contribution is 0.0205. The smallest absolute Gasteiger partial charge is 0.164 e. The molecule has 0 saturated carbocycles. The molecular weight excluding hydrogens is 378 g/mol. The predicted molar refractivity (Wildman–Crippen MR) is 120 cm³/mol. The molecule has 3 rings (SSSR count).